The van der Waals surface area contributed by atoms with E-state index in [1.807, 2.05) is 6.07 Å². The Balaban J connectivity index is 2.54. The summed E-state index contributed by atoms with van der Waals surface area (Å²) in [6.07, 6.45) is 3.51. The molecule has 0 aromatic carbocycles. The maximum atomic E-state index is 10.8. The van der Waals surface area contributed by atoms with Crippen LogP contribution < -0.4 is 0 Å². The molecule has 15 heavy (non-hydrogen) atoms. The zero-order chi connectivity index (χ0) is 10.8. The van der Waals surface area contributed by atoms with E-state index in [1.54, 1.807) is 19.3 Å². The van der Waals surface area contributed by atoms with E-state index in [-0.39, 0.29) is 5.69 Å². The molecule has 0 aliphatic carbocycles. The number of hydrogen-bond acceptors (Lipinski definition) is 3. The molecule has 2 N–H and O–H groups in total. The maximum absolute atomic E-state index is 10.8. The number of hydrogen-bond donors (Lipinski definition) is 2. The molecule has 2 heterocycles. The molecule has 0 saturated heterocycles. The minimum atomic E-state index is -1.04. The SMILES string of the molecule is Cc1nc(C(=O)O)cc(-c2cc[nH]c2)n1. The van der Waals surface area contributed by atoms with Crippen LogP contribution in [0.5, 0.6) is 0 Å². The van der Waals surface area contributed by atoms with Gasteiger partial charge < -0.3 is 10.1 Å². The molecule has 5 heteroatoms. The van der Waals surface area contributed by atoms with Gasteiger partial charge in [0.1, 0.15) is 5.82 Å². The second-order valence-corrected chi connectivity index (χ2v) is 3.09. The molecule has 0 aliphatic rings. The van der Waals surface area contributed by atoms with Crippen molar-refractivity contribution in [3.63, 3.8) is 0 Å². The van der Waals surface area contributed by atoms with Gasteiger partial charge in [0.15, 0.2) is 5.69 Å². The van der Waals surface area contributed by atoms with Crippen LogP contribution in [0, 0.1) is 6.92 Å². The fourth-order valence-corrected chi connectivity index (χ4v) is 1.31. The Morgan fingerprint density at radius 3 is 2.87 bits per heavy atom. The van der Waals surface area contributed by atoms with Crippen LogP contribution in [0.1, 0.15) is 16.3 Å². The second-order valence-electron chi connectivity index (χ2n) is 3.09. The van der Waals surface area contributed by atoms with Gasteiger partial charge in [-0.05, 0) is 19.1 Å². The first-order valence-electron chi connectivity index (χ1n) is 4.39. The summed E-state index contributed by atoms with van der Waals surface area (Å²) in [6.45, 7) is 1.67. The number of aromatic amines is 1. The van der Waals surface area contributed by atoms with Crippen molar-refractivity contribution in [2.75, 3.05) is 0 Å². The van der Waals surface area contributed by atoms with E-state index < -0.39 is 5.97 Å². The van der Waals surface area contributed by atoms with Crippen LogP contribution in [0.25, 0.3) is 11.3 Å². The van der Waals surface area contributed by atoms with Gasteiger partial charge in [0.05, 0.1) is 5.69 Å². The van der Waals surface area contributed by atoms with Gasteiger partial charge in [-0.3, -0.25) is 0 Å². The lowest BCUT2D eigenvalue weighted by molar-refractivity contribution is 0.0690. The van der Waals surface area contributed by atoms with Crippen molar-refractivity contribution in [1.29, 1.82) is 0 Å². The first-order valence-corrected chi connectivity index (χ1v) is 4.39. The highest BCUT2D eigenvalue weighted by Gasteiger charge is 2.09. The molecule has 2 rings (SSSR count). The first kappa shape index (κ1) is 9.39. The number of aryl methyl sites for hydroxylation is 1. The van der Waals surface area contributed by atoms with Gasteiger partial charge in [-0.2, -0.15) is 0 Å². The Hall–Kier alpha value is -2.17. The Morgan fingerprint density at radius 2 is 2.27 bits per heavy atom. The smallest absolute Gasteiger partial charge is 0.354 e. The van der Waals surface area contributed by atoms with Crippen molar-refractivity contribution in [2.45, 2.75) is 6.92 Å². The van der Waals surface area contributed by atoms with Gasteiger partial charge in [0.25, 0.3) is 0 Å². The van der Waals surface area contributed by atoms with E-state index in [1.165, 1.54) is 6.07 Å². The summed E-state index contributed by atoms with van der Waals surface area (Å²) >= 11 is 0. The van der Waals surface area contributed by atoms with E-state index in [2.05, 4.69) is 15.0 Å². The predicted octanol–water partition coefficient (Wildman–Crippen LogP) is 1.48. The number of carboxylic acid groups (broad SMARTS) is 1. The van der Waals surface area contributed by atoms with Crippen molar-refractivity contribution < 1.29 is 9.90 Å². The molecule has 0 radical (unpaired) electrons. The first-order chi connectivity index (χ1) is 7.16. The number of aromatic nitrogens is 3. The molecule has 2 aromatic rings. The highest BCUT2D eigenvalue weighted by atomic mass is 16.4. The Morgan fingerprint density at radius 1 is 1.47 bits per heavy atom. The molecule has 0 atom stereocenters. The van der Waals surface area contributed by atoms with Gasteiger partial charge in [-0.15, -0.1) is 0 Å². The summed E-state index contributed by atoms with van der Waals surface area (Å²) in [5.74, 6) is -0.594. The van der Waals surface area contributed by atoms with E-state index in [0.29, 0.717) is 11.5 Å². The van der Waals surface area contributed by atoms with Gasteiger partial charge in [-0.25, -0.2) is 14.8 Å². The van der Waals surface area contributed by atoms with Crippen LogP contribution >= 0.6 is 0 Å². The summed E-state index contributed by atoms with van der Waals surface area (Å²) in [7, 11) is 0. The quantitative estimate of drug-likeness (QED) is 0.774. The van der Waals surface area contributed by atoms with Crippen LogP contribution in [0.3, 0.4) is 0 Å². The lowest BCUT2D eigenvalue weighted by Crippen LogP contribution is -2.03. The van der Waals surface area contributed by atoms with Crippen molar-refractivity contribution in [3.8, 4) is 11.3 Å². The lowest BCUT2D eigenvalue weighted by Gasteiger charge is -2.00. The van der Waals surface area contributed by atoms with Gasteiger partial charge in [0, 0.05) is 18.0 Å². The number of carboxylic acids is 1. The number of carbonyl (C=O) groups is 1. The molecule has 0 amide bonds. The van der Waals surface area contributed by atoms with E-state index in [9.17, 15) is 4.79 Å². The number of aromatic carboxylic acids is 1. The molecule has 2 aromatic heterocycles. The third-order valence-electron chi connectivity index (χ3n) is 1.95. The largest absolute Gasteiger partial charge is 0.477 e. The number of nitrogens with zero attached hydrogens (tertiary/aromatic N) is 2. The standard InChI is InChI=1S/C10H9N3O2/c1-6-12-8(7-2-3-11-5-7)4-9(13-6)10(14)15/h2-5,11H,1H3,(H,14,15). The molecule has 5 nitrogen and oxygen atoms in total. The van der Waals surface area contributed by atoms with Crippen LogP contribution in [0.2, 0.25) is 0 Å². The summed E-state index contributed by atoms with van der Waals surface area (Å²) in [4.78, 5) is 21.7. The van der Waals surface area contributed by atoms with Gasteiger partial charge >= 0.3 is 5.97 Å². The fraction of sp³-hybridized carbons (Fsp3) is 0.100. The molecule has 0 saturated carbocycles. The number of H-pyrrole nitrogens is 1. The van der Waals surface area contributed by atoms with Crippen LogP contribution in [-0.2, 0) is 0 Å². The number of nitrogens with one attached hydrogen (secondary N) is 1. The highest BCUT2D eigenvalue weighted by molar-refractivity contribution is 5.86. The topological polar surface area (TPSA) is 78.9 Å². The average Bonchev–Trinajstić information content (AvgIpc) is 2.69. The molecule has 76 valence electrons. The summed E-state index contributed by atoms with van der Waals surface area (Å²) in [5, 5.41) is 8.83. The predicted molar refractivity (Wildman–Crippen MR) is 53.5 cm³/mol. The zero-order valence-electron chi connectivity index (χ0n) is 8.06. The second kappa shape index (κ2) is 3.53. The Labute approximate surface area is 85.8 Å². The molecular formula is C10H9N3O2. The van der Waals surface area contributed by atoms with E-state index in [4.69, 9.17) is 5.11 Å². The summed E-state index contributed by atoms with van der Waals surface area (Å²) in [5.41, 5.74) is 1.47. The minimum Gasteiger partial charge on any atom is -0.477 e. The molecule has 0 spiro atoms. The zero-order valence-corrected chi connectivity index (χ0v) is 8.06. The maximum Gasteiger partial charge on any atom is 0.354 e. The van der Waals surface area contributed by atoms with Crippen LogP contribution in [-0.4, -0.2) is 26.0 Å². The molecule has 0 fully saturated rings. The Kier molecular flexibility index (Phi) is 2.21. The molecule has 0 unspecified atom stereocenters. The van der Waals surface area contributed by atoms with Gasteiger partial charge in [-0.1, -0.05) is 0 Å². The summed E-state index contributed by atoms with van der Waals surface area (Å²) < 4.78 is 0. The van der Waals surface area contributed by atoms with Crippen molar-refractivity contribution >= 4 is 5.97 Å². The third-order valence-corrected chi connectivity index (χ3v) is 1.95. The van der Waals surface area contributed by atoms with Crippen molar-refractivity contribution in [1.82, 2.24) is 15.0 Å². The minimum absolute atomic E-state index is 0.0127. The van der Waals surface area contributed by atoms with Crippen LogP contribution in [0.15, 0.2) is 24.5 Å². The van der Waals surface area contributed by atoms with Gasteiger partial charge in [0.2, 0.25) is 0 Å². The average molecular weight is 203 g/mol. The van der Waals surface area contributed by atoms with Crippen molar-refractivity contribution in [2.24, 2.45) is 0 Å². The van der Waals surface area contributed by atoms with Crippen LogP contribution in [0.4, 0.5) is 0 Å². The highest BCUT2D eigenvalue weighted by Crippen LogP contribution is 2.16. The monoisotopic (exact) mass is 203 g/mol. The van der Waals surface area contributed by atoms with E-state index >= 15 is 0 Å². The lowest BCUT2D eigenvalue weighted by atomic mass is 10.2. The Bertz CT molecular complexity index is 491. The van der Waals surface area contributed by atoms with Crippen molar-refractivity contribution in [3.05, 3.63) is 36.0 Å². The third kappa shape index (κ3) is 1.85. The normalized spacial score (nSPS) is 10.2. The molecule has 0 aliphatic heterocycles. The molecular weight excluding hydrogens is 194 g/mol. The number of rotatable bonds is 2. The fourth-order valence-electron chi connectivity index (χ4n) is 1.31. The molecule has 0 bridgehead atoms. The van der Waals surface area contributed by atoms with E-state index in [0.717, 1.165) is 5.56 Å². The summed E-state index contributed by atoms with van der Waals surface area (Å²) in [6, 6.07) is 3.28.